The number of hydrogen-bond donors (Lipinski definition) is 2. The normalized spacial score (nSPS) is 11.0. The second kappa shape index (κ2) is 10.9. The van der Waals surface area contributed by atoms with Gasteiger partial charge in [0.2, 0.25) is 5.89 Å². The molecule has 3 N–H and O–H groups in total. The van der Waals surface area contributed by atoms with Gasteiger partial charge in [-0.2, -0.15) is 0 Å². The highest BCUT2D eigenvalue weighted by molar-refractivity contribution is 14.0. The molecule has 28 heavy (non-hydrogen) atoms. The van der Waals surface area contributed by atoms with Crippen LogP contribution in [-0.2, 0) is 13.0 Å². The Hall–Kier alpha value is -2.27. The molecule has 1 aromatic carbocycles. The number of methoxy groups -OCH3 is 2. The number of ether oxygens (including phenoxy) is 2. The summed E-state index contributed by atoms with van der Waals surface area (Å²) in [4.78, 5) is 9.71. The molecular weight excluding hydrogens is 491 g/mol. The number of guanidine groups is 1. The van der Waals surface area contributed by atoms with Crippen LogP contribution in [0.1, 0.15) is 11.3 Å². The molecule has 0 saturated carbocycles. The van der Waals surface area contributed by atoms with Crippen LogP contribution < -0.4 is 20.5 Å². The fourth-order valence-corrected chi connectivity index (χ4v) is 3.14. The van der Waals surface area contributed by atoms with Crippen LogP contribution >= 0.6 is 35.3 Å². The van der Waals surface area contributed by atoms with Crippen LogP contribution in [0.25, 0.3) is 10.8 Å². The van der Waals surface area contributed by atoms with Gasteiger partial charge in [0.1, 0.15) is 12.0 Å². The zero-order valence-corrected chi connectivity index (χ0v) is 18.8. The third-order valence-electron chi connectivity index (χ3n) is 3.86. The lowest BCUT2D eigenvalue weighted by atomic mass is 10.1. The van der Waals surface area contributed by atoms with Gasteiger partial charge in [-0.15, -0.1) is 35.3 Å². The molecule has 2 aromatic heterocycles. The molecule has 0 unspecified atom stereocenters. The smallest absolute Gasteiger partial charge is 0.236 e. The van der Waals surface area contributed by atoms with Crippen molar-refractivity contribution in [1.82, 2.24) is 10.3 Å². The highest BCUT2D eigenvalue weighted by Crippen LogP contribution is 2.27. The van der Waals surface area contributed by atoms with Crippen LogP contribution in [0.3, 0.4) is 0 Å². The maximum atomic E-state index is 5.93. The molecule has 0 atom stereocenters. The van der Waals surface area contributed by atoms with Crippen LogP contribution in [0.2, 0.25) is 0 Å². The zero-order valence-electron chi connectivity index (χ0n) is 15.7. The molecule has 150 valence electrons. The maximum absolute atomic E-state index is 5.93. The van der Waals surface area contributed by atoms with Crippen LogP contribution in [0.5, 0.6) is 11.5 Å². The molecule has 7 nitrogen and oxygen atoms in total. The van der Waals surface area contributed by atoms with E-state index in [1.165, 1.54) is 0 Å². The van der Waals surface area contributed by atoms with Gasteiger partial charge in [-0.3, -0.25) is 0 Å². The van der Waals surface area contributed by atoms with Crippen molar-refractivity contribution in [1.29, 1.82) is 0 Å². The van der Waals surface area contributed by atoms with Crippen LogP contribution in [-0.4, -0.2) is 31.7 Å². The van der Waals surface area contributed by atoms with Crippen molar-refractivity contribution in [3.8, 4) is 22.3 Å². The van der Waals surface area contributed by atoms with Crippen LogP contribution in [0.4, 0.5) is 0 Å². The molecule has 3 rings (SSSR count). The summed E-state index contributed by atoms with van der Waals surface area (Å²) in [7, 11) is 3.24. The van der Waals surface area contributed by atoms with Crippen molar-refractivity contribution < 1.29 is 13.9 Å². The Morgan fingerprint density at radius 1 is 1.25 bits per heavy atom. The first-order valence-electron chi connectivity index (χ1n) is 8.42. The van der Waals surface area contributed by atoms with Crippen molar-refractivity contribution in [3.63, 3.8) is 0 Å². The minimum atomic E-state index is 0. The van der Waals surface area contributed by atoms with Gasteiger partial charge in [0.15, 0.2) is 17.5 Å². The number of hydrogen-bond acceptors (Lipinski definition) is 6. The number of benzene rings is 1. The van der Waals surface area contributed by atoms with Gasteiger partial charge in [-0.25, -0.2) is 9.98 Å². The van der Waals surface area contributed by atoms with Crippen molar-refractivity contribution >= 4 is 41.3 Å². The second-order valence-electron chi connectivity index (χ2n) is 5.69. The Balaban J connectivity index is 0.00000280. The van der Waals surface area contributed by atoms with E-state index in [1.807, 2.05) is 35.7 Å². The Labute approximate surface area is 185 Å². The predicted molar refractivity (Wildman–Crippen MR) is 122 cm³/mol. The number of nitrogens with two attached hydrogens (primary N) is 1. The Morgan fingerprint density at radius 3 is 2.79 bits per heavy atom. The summed E-state index contributed by atoms with van der Waals surface area (Å²) in [5.74, 6) is 2.40. The van der Waals surface area contributed by atoms with Crippen LogP contribution in [0.15, 0.2) is 51.4 Å². The van der Waals surface area contributed by atoms with Crippen molar-refractivity contribution in [2.24, 2.45) is 10.7 Å². The number of halogens is 1. The summed E-state index contributed by atoms with van der Waals surface area (Å²) in [6, 6.07) is 9.77. The SMILES string of the molecule is COc1ccc(CCNC(N)=NCc2coc(-c3cccs3)n2)cc1OC.I. The molecule has 3 aromatic rings. The first kappa shape index (κ1) is 22.0. The van der Waals surface area contributed by atoms with Crippen LogP contribution in [0, 0.1) is 0 Å². The molecule has 0 spiro atoms. The summed E-state index contributed by atoms with van der Waals surface area (Å²) >= 11 is 1.58. The third-order valence-corrected chi connectivity index (χ3v) is 4.72. The van der Waals surface area contributed by atoms with E-state index in [4.69, 9.17) is 19.6 Å². The number of aromatic nitrogens is 1. The number of aliphatic imine (C=N–C) groups is 1. The number of oxazole rings is 1. The quantitative estimate of drug-likeness (QED) is 0.271. The number of nitrogens with zero attached hydrogens (tertiary/aromatic N) is 2. The number of thiophene rings is 1. The first-order chi connectivity index (χ1) is 13.2. The summed E-state index contributed by atoms with van der Waals surface area (Å²) in [6.45, 7) is 1.02. The molecule has 2 heterocycles. The van der Waals surface area contributed by atoms with Gasteiger partial charge in [-0.05, 0) is 35.6 Å². The van der Waals surface area contributed by atoms with Gasteiger partial charge in [0.25, 0.3) is 0 Å². The third kappa shape index (κ3) is 5.86. The van der Waals surface area contributed by atoms with E-state index in [-0.39, 0.29) is 24.0 Å². The topological polar surface area (TPSA) is 94.9 Å². The van der Waals surface area contributed by atoms with Gasteiger partial charge in [0, 0.05) is 6.54 Å². The monoisotopic (exact) mass is 514 g/mol. The highest BCUT2D eigenvalue weighted by atomic mass is 127. The Bertz CT molecular complexity index is 896. The summed E-state index contributed by atoms with van der Waals surface area (Å²) < 4.78 is 16.0. The maximum Gasteiger partial charge on any atom is 0.236 e. The molecule has 0 aliphatic rings. The summed E-state index contributed by atoms with van der Waals surface area (Å²) in [5, 5.41) is 5.08. The fraction of sp³-hybridized carbons (Fsp3) is 0.263. The first-order valence-corrected chi connectivity index (χ1v) is 9.30. The molecule has 0 bridgehead atoms. The molecule has 0 aliphatic heterocycles. The standard InChI is InChI=1S/C19H22N4O3S.HI/c1-24-15-6-5-13(10-16(15)25-2)7-8-21-19(20)22-11-14-12-26-18(23-14)17-4-3-9-27-17;/h3-6,9-10,12H,7-8,11H2,1-2H3,(H3,20,21,22);1H. The van der Waals surface area contributed by atoms with Gasteiger partial charge in [-0.1, -0.05) is 12.1 Å². The van der Waals surface area contributed by atoms with E-state index in [9.17, 15) is 0 Å². The average molecular weight is 514 g/mol. The van der Waals surface area contributed by atoms with Gasteiger partial charge in [0.05, 0.1) is 25.6 Å². The van der Waals surface area contributed by atoms with E-state index in [0.29, 0.717) is 36.4 Å². The largest absolute Gasteiger partial charge is 0.493 e. The molecule has 9 heteroatoms. The van der Waals surface area contributed by atoms with Crippen molar-refractivity contribution in [2.75, 3.05) is 20.8 Å². The number of rotatable bonds is 8. The molecule has 0 saturated heterocycles. The Morgan fingerprint density at radius 2 is 2.07 bits per heavy atom. The van der Waals surface area contributed by atoms with Gasteiger partial charge < -0.3 is 24.9 Å². The average Bonchev–Trinajstić information content (AvgIpc) is 3.37. The number of nitrogens with one attached hydrogen (secondary N) is 1. The van der Waals surface area contributed by atoms with E-state index in [2.05, 4.69) is 15.3 Å². The van der Waals surface area contributed by atoms with E-state index in [1.54, 1.807) is 31.8 Å². The van der Waals surface area contributed by atoms with E-state index >= 15 is 0 Å². The summed E-state index contributed by atoms with van der Waals surface area (Å²) in [5.41, 5.74) is 7.78. The molecule has 0 fully saturated rings. The lowest BCUT2D eigenvalue weighted by molar-refractivity contribution is 0.354. The minimum Gasteiger partial charge on any atom is -0.493 e. The Kier molecular flexibility index (Phi) is 8.58. The lowest BCUT2D eigenvalue weighted by Crippen LogP contribution is -2.33. The molecule has 0 amide bonds. The van der Waals surface area contributed by atoms with Gasteiger partial charge >= 0.3 is 0 Å². The lowest BCUT2D eigenvalue weighted by Gasteiger charge is -2.10. The second-order valence-corrected chi connectivity index (χ2v) is 6.64. The minimum absolute atomic E-state index is 0. The molecule has 0 radical (unpaired) electrons. The van der Waals surface area contributed by atoms with E-state index in [0.717, 1.165) is 22.6 Å². The van der Waals surface area contributed by atoms with Crippen molar-refractivity contribution in [2.45, 2.75) is 13.0 Å². The summed E-state index contributed by atoms with van der Waals surface area (Å²) in [6.07, 6.45) is 2.39. The predicted octanol–water partition coefficient (Wildman–Crippen LogP) is 3.69. The fourth-order valence-electron chi connectivity index (χ4n) is 2.49. The highest BCUT2D eigenvalue weighted by Gasteiger charge is 2.07. The molecule has 0 aliphatic carbocycles. The molecular formula is C19H23IN4O3S. The van der Waals surface area contributed by atoms with E-state index < -0.39 is 0 Å². The van der Waals surface area contributed by atoms with Crippen molar-refractivity contribution in [3.05, 3.63) is 53.2 Å². The zero-order chi connectivity index (χ0) is 19.1.